The Balaban J connectivity index is 2.00. The highest BCUT2D eigenvalue weighted by atomic mass is 16.5. The lowest BCUT2D eigenvalue weighted by Crippen LogP contribution is -2.30. The third-order valence-corrected chi connectivity index (χ3v) is 5.45. The van der Waals surface area contributed by atoms with Gasteiger partial charge < -0.3 is 14.6 Å². The second-order valence-electron chi connectivity index (χ2n) is 7.28. The number of carbonyl (C=O) groups excluding carboxylic acids is 2. The van der Waals surface area contributed by atoms with Gasteiger partial charge in [0, 0.05) is 11.9 Å². The molecule has 0 bridgehead atoms. The van der Waals surface area contributed by atoms with E-state index in [2.05, 4.69) is 4.98 Å². The van der Waals surface area contributed by atoms with Gasteiger partial charge in [0.2, 0.25) is 0 Å². The average Bonchev–Trinajstić information content (AvgIpc) is 3.09. The van der Waals surface area contributed by atoms with Gasteiger partial charge in [-0.1, -0.05) is 24.3 Å². The number of Topliss-reactive ketones (excluding diaryl/α,β-unsaturated/α-hetero) is 1. The number of aryl methyl sites for hydroxylation is 1. The van der Waals surface area contributed by atoms with Crippen molar-refractivity contribution in [1.29, 1.82) is 0 Å². The summed E-state index contributed by atoms with van der Waals surface area (Å²) in [4.78, 5) is 32.2. The van der Waals surface area contributed by atoms with E-state index in [1.165, 1.54) is 19.1 Å². The molecule has 0 radical (unpaired) electrons. The van der Waals surface area contributed by atoms with Gasteiger partial charge in [0.1, 0.15) is 23.3 Å². The normalized spacial score (nSPS) is 17.5. The standard InChI is InChI=1S/C25H22N2O5/c1-15-8-4-5-10-19(15)27-22(18-9-6-7-13-26-18)21(24(29)25(27)30)23(28)17-14-16(31-2)11-12-20(17)32-3/h4-14,22,28H,1-3H3/b23-21+. The van der Waals surface area contributed by atoms with Crippen molar-refractivity contribution < 1.29 is 24.2 Å². The summed E-state index contributed by atoms with van der Waals surface area (Å²) >= 11 is 0. The summed E-state index contributed by atoms with van der Waals surface area (Å²) in [6.07, 6.45) is 1.58. The van der Waals surface area contributed by atoms with Gasteiger partial charge in [-0.15, -0.1) is 0 Å². The quantitative estimate of drug-likeness (QED) is 0.373. The van der Waals surface area contributed by atoms with Crippen LogP contribution in [0.1, 0.15) is 22.9 Å². The van der Waals surface area contributed by atoms with E-state index < -0.39 is 17.7 Å². The number of para-hydroxylation sites is 1. The van der Waals surface area contributed by atoms with Crippen LogP contribution >= 0.6 is 0 Å². The number of aromatic nitrogens is 1. The van der Waals surface area contributed by atoms with Gasteiger partial charge in [0.25, 0.3) is 11.7 Å². The first kappa shape index (κ1) is 21.1. The molecule has 1 saturated heterocycles. The number of amides is 1. The van der Waals surface area contributed by atoms with Crippen LogP contribution in [0.15, 0.2) is 72.4 Å². The fourth-order valence-corrected chi connectivity index (χ4v) is 3.88. The summed E-state index contributed by atoms with van der Waals surface area (Å²) in [7, 11) is 2.96. The van der Waals surface area contributed by atoms with Crippen LogP contribution in [-0.4, -0.2) is 36.0 Å². The maximum atomic E-state index is 13.2. The molecule has 0 aliphatic carbocycles. The van der Waals surface area contributed by atoms with Gasteiger partial charge >= 0.3 is 0 Å². The number of ketones is 1. The molecule has 1 aliphatic rings. The highest BCUT2D eigenvalue weighted by molar-refractivity contribution is 6.51. The number of carbonyl (C=O) groups is 2. The van der Waals surface area contributed by atoms with Crippen LogP contribution in [0.3, 0.4) is 0 Å². The van der Waals surface area contributed by atoms with Gasteiger partial charge in [-0.25, -0.2) is 0 Å². The largest absolute Gasteiger partial charge is 0.507 e. The van der Waals surface area contributed by atoms with E-state index in [1.807, 2.05) is 19.1 Å². The van der Waals surface area contributed by atoms with Crippen molar-refractivity contribution in [3.63, 3.8) is 0 Å². The van der Waals surface area contributed by atoms with E-state index in [0.29, 0.717) is 22.9 Å². The third kappa shape index (κ3) is 3.47. The van der Waals surface area contributed by atoms with Crippen molar-refractivity contribution in [2.75, 3.05) is 19.1 Å². The van der Waals surface area contributed by atoms with Gasteiger partial charge in [-0.05, 0) is 48.9 Å². The summed E-state index contributed by atoms with van der Waals surface area (Å²) in [5.41, 5.74) is 2.02. The molecule has 1 unspecified atom stereocenters. The highest BCUT2D eigenvalue weighted by Crippen LogP contribution is 2.43. The molecular formula is C25H22N2O5. The summed E-state index contributed by atoms with van der Waals surface area (Å²) in [6.45, 7) is 1.86. The molecule has 32 heavy (non-hydrogen) atoms. The molecule has 7 nitrogen and oxygen atoms in total. The third-order valence-electron chi connectivity index (χ3n) is 5.45. The first-order valence-corrected chi connectivity index (χ1v) is 9.98. The number of aliphatic hydroxyl groups excluding tert-OH is 1. The van der Waals surface area contributed by atoms with Crippen LogP contribution in [-0.2, 0) is 9.59 Å². The zero-order chi connectivity index (χ0) is 22.8. The number of anilines is 1. The Hall–Kier alpha value is -4.13. The van der Waals surface area contributed by atoms with Gasteiger partial charge in [-0.3, -0.25) is 19.5 Å². The maximum absolute atomic E-state index is 13.2. The molecule has 1 aromatic heterocycles. The lowest BCUT2D eigenvalue weighted by atomic mass is 9.97. The van der Waals surface area contributed by atoms with Crippen molar-refractivity contribution in [3.05, 3.63) is 89.3 Å². The number of rotatable bonds is 5. The van der Waals surface area contributed by atoms with E-state index in [9.17, 15) is 14.7 Å². The number of pyridine rings is 1. The molecule has 162 valence electrons. The first-order valence-electron chi connectivity index (χ1n) is 9.98. The van der Waals surface area contributed by atoms with Gasteiger partial charge in [0.05, 0.1) is 31.1 Å². The molecule has 7 heteroatoms. The smallest absolute Gasteiger partial charge is 0.300 e. The molecule has 4 rings (SSSR count). The number of hydrogen-bond acceptors (Lipinski definition) is 6. The minimum atomic E-state index is -0.909. The van der Waals surface area contributed by atoms with E-state index in [4.69, 9.17) is 9.47 Å². The summed E-state index contributed by atoms with van der Waals surface area (Å²) in [6, 6.07) is 16.5. The van der Waals surface area contributed by atoms with Crippen molar-refractivity contribution in [2.45, 2.75) is 13.0 Å². The van der Waals surface area contributed by atoms with E-state index in [-0.39, 0.29) is 16.9 Å². The first-order chi connectivity index (χ1) is 15.5. The highest BCUT2D eigenvalue weighted by Gasteiger charge is 2.48. The van der Waals surface area contributed by atoms with Crippen molar-refractivity contribution in [3.8, 4) is 11.5 Å². The molecule has 1 atom stereocenters. The minimum absolute atomic E-state index is 0.0662. The Morgan fingerprint density at radius 2 is 1.75 bits per heavy atom. The molecule has 1 fully saturated rings. The van der Waals surface area contributed by atoms with Crippen LogP contribution in [0.5, 0.6) is 11.5 Å². The number of hydrogen-bond donors (Lipinski definition) is 1. The van der Waals surface area contributed by atoms with E-state index in [0.717, 1.165) is 5.56 Å². The number of nitrogens with zero attached hydrogens (tertiary/aromatic N) is 2. The van der Waals surface area contributed by atoms with Crippen LogP contribution in [0, 0.1) is 6.92 Å². The van der Waals surface area contributed by atoms with Crippen molar-refractivity contribution in [2.24, 2.45) is 0 Å². The molecule has 1 N–H and O–H groups in total. The number of methoxy groups -OCH3 is 2. The molecule has 3 aromatic rings. The molecular weight excluding hydrogens is 408 g/mol. The minimum Gasteiger partial charge on any atom is -0.507 e. The van der Waals surface area contributed by atoms with Crippen LogP contribution in [0.4, 0.5) is 5.69 Å². The maximum Gasteiger partial charge on any atom is 0.300 e. The monoisotopic (exact) mass is 430 g/mol. The van der Waals surface area contributed by atoms with Gasteiger partial charge in [0.15, 0.2) is 0 Å². The topological polar surface area (TPSA) is 89.0 Å². The second-order valence-corrected chi connectivity index (χ2v) is 7.28. The Bertz CT molecular complexity index is 1220. The van der Waals surface area contributed by atoms with E-state index >= 15 is 0 Å². The molecule has 2 heterocycles. The number of aliphatic hydroxyl groups is 1. The SMILES string of the molecule is COc1ccc(OC)c(/C(O)=C2\C(=O)C(=O)N(c3ccccc3C)C2c2ccccn2)c1. The van der Waals surface area contributed by atoms with Crippen molar-refractivity contribution >= 4 is 23.1 Å². The lowest BCUT2D eigenvalue weighted by Gasteiger charge is -2.26. The number of ether oxygens (including phenoxy) is 2. The Morgan fingerprint density at radius 1 is 1.00 bits per heavy atom. The molecule has 1 amide bonds. The molecule has 0 saturated carbocycles. The summed E-state index contributed by atoms with van der Waals surface area (Å²) < 4.78 is 10.7. The fourth-order valence-electron chi connectivity index (χ4n) is 3.88. The Morgan fingerprint density at radius 3 is 2.41 bits per heavy atom. The lowest BCUT2D eigenvalue weighted by molar-refractivity contribution is -0.132. The predicted molar refractivity (Wildman–Crippen MR) is 120 cm³/mol. The second kappa shape index (κ2) is 8.55. The molecule has 1 aliphatic heterocycles. The van der Waals surface area contributed by atoms with Crippen LogP contribution < -0.4 is 14.4 Å². The fraction of sp³-hybridized carbons (Fsp3) is 0.160. The Labute approximate surface area is 185 Å². The van der Waals surface area contributed by atoms with E-state index in [1.54, 1.807) is 54.7 Å². The van der Waals surface area contributed by atoms with Crippen LogP contribution in [0.2, 0.25) is 0 Å². The van der Waals surface area contributed by atoms with Gasteiger partial charge in [-0.2, -0.15) is 0 Å². The predicted octanol–water partition coefficient (Wildman–Crippen LogP) is 4.03. The van der Waals surface area contributed by atoms with Crippen LogP contribution in [0.25, 0.3) is 5.76 Å². The summed E-state index contributed by atoms with van der Waals surface area (Å²) in [5, 5.41) is 11.3. The zero-order valence-electron chi connectivity index (χ0n) is 17.9. The number of benzene rings is 2. The Kier molecular flexibility index (Phi) is 5.64. The molecule has 2 aromatic carbocycles. The average molecular weight is 430 g/mol. The summed E-state index contributed by atoms with van der Waals surface area (Å²) in [5.74, 6) is -1.09. The van der Waals surface area contributed by atoms with Crippen molar-refractivity contribution in [1.82, 2.24) is 4.98 Å². The molecule has 0 spiro atoms. The zero-order valence-corrected chi connectivity index (χ0v) is 17.9.